The highest BCUT2D eigenvalue weighted by molar-refractivity contribution is 5.94. The number of nitrogens with one attached hydrogen (secondary N) is 1. The molecule has 0 bridgehead atoms. The fourth-order valence-corrected chi connectivity index (χ4v) is 3.08. The third-order valence-electron chi connectivity index (χ3n) is 4.75. The van der Waals surface area contributed by atoms with Gasteiger partial charge < -0.3 is 19.9 Å². The quantitative estimate of drug-likeness (QED) is 0.665. The van der Waals surface area contributed by atoms with Crippen LogP contribution in [0, 0.1) is 11.6 Å². The Hall–Kier alpha value is -3.56. The zero-order chi connectivity index (χ0) is 22.2. The van der Waals surface area contributed by atoms with E-state index in [9.17, 15) is 23.2 Å². The third-order valence-corrected chi connectivity index (χ3v) is 4.75. The Morgan fingerprint density at radius 2 is 1.84 bits per heavy atom. The number of carbonyl (C=O) groups is 3. The maximum atomic E-state index is 13.6. The van der Waals surface area contributed by atoms with Crippen molar-refractivity contribution in [3.63, 3.8) is 0 Å². The van der Waals surface area contributed by atoms with E-state index in [1.807, 2.05) is 18.2 Å². The van der Waals surface area contributed by atoms with Gasteiger partial charge in [-0.05, 0) is 24.3 Å². The summed E-state index contributed by atoms with van der Waals surface area (Å²) in [7, 11) is 0. The number of aromatic nitrogens is 1. The van der Waals surface area contributed by atoms with Gasteiger partial charge in [0.25, 0.3) is 11.8 Å². The Morgan fingerprint density at radius 3 is 2.52 bits per heavy atom. The normalized spacial score (nSPS) is 13.6. The minimum Gasteiger partial charge on any atom is -0.456 e. The fourth-order valence-electron chi connectivity index (χ4n) is 3.08. The molecule has 164 valence electrons. The number of hydrogen-bond donors (Lipinski definition) is 1. The first-order valence-corrected chi connectivity index (χ1v) is 9.76. The zero-order valence-corrected chi connectivity index (χ0v) is 16.7. The smallest absolute Gasteiger partial charge is 0.308 e. The van der Waals surface area contributed by atoms with Crippen LogP contribution in [-0.4, -0.2) is 67.0 Å². The average molecular weight is 432 g/mol. The number of carbonyl (C=O) groups excluding carboxylic acids is 3. The molecule has 2 amide bonds. The molecule has 0 radical (unpaired) electrons. The highest BCUT2D eigenvalue weighted by atomic mass is 19.1. The molecule has 0 spiro atoms. The Labute approximate surface area is 177 Å². The number of rotatable bonds is 7. The second-order valence-electron chi connectivity index (χ2n) is 6.85. The van der Waals surface area contributed by atoms with Crippen molar-refractivity contribution >= 4 is 23.6 Å². The van der Waals surface area contributed by atoms with Crippen LogP contribution in [0.3, 0.4) is 0 Å². The summed E-state index contributed by atoms with van der Waals surface area (Å²) in [6, 6.07) is 8.23. The topological polar surface area (TPSA) is 91.8 Å². The van der Waals surface area contributed by atoms with Gasteiger partial charge in [-0.25, -0.2) is 13.8 Å². The number of piperazine rings is 1. The van der Waals surface area contributed by atoms with E-state index in [4.69, 9.17) is 4.74 Å². The van der Waals surface area contributed by atoms with Crippen LogP contribution in [0.1, 0.15) is 16.8 Å². The van der Waals surface area contributed by atoms with Gasteiger partial charge in [0, 0.05) is 45.0 Å². The lowest BCUT2D eigenvalue weighted by Crippen LogP contribution is -2.50. The van der Waals surface area contributed by atoms with Crippen LogP contribution >= 0.6 is 0 Å². The number of pyridine rings is 1. The maximum absolute atomic E-state index is 13.6. The fraction of sp³-hybridized carbons (Fsp3) is 0.333. The van der Waals surface area contributed by atoms with Gasteiger partial charge in [-0.15, -0.1) is 0 Å². The van der Waals surface area contributed by atoms with E-state index >= 15 is 0 Å². The van der Waals surface area contributed by atoms with Gasteiger partial charge in [0.1, 0.15) is 17.5 Å². The van der Waals surface area contributed by atoms with Crippen molar-refractivity contribution in [3.05, 3.63) is 59.8 Å². The van der Waals surface area contributed by atoms with Crippen molar-refractivity contribution in [2.24, 2.45) is 0 Å². The lowest BCUT2D eigenvalue weighted by Gasteiger charge is -2.35. The van der Waals surface area contributed by atoms with E-state index in [2.05, 4.69) is 15.2 Å². The van der Waals surface area contributed by atoms with E-state index in [-0.39, 0.29) is 31.0 Å². The molecule has 2 heterocycles. The average Bonchev–Trinajstić information content (AvgIpc) is 2.78. The second kappa shape index (κ2) is 10.5. The molecule has 0 unspecified atom stereocenters. The Balaban J connectivity index is 1.34. The highest BCUT2D eigenvalue weighted by Gasteiger charge is 2.22. The van der Waals surface area contributed by atoms with Crippen LogP contribution < -0.4 is 10.2 Å². The molecular weight excluding hydrogens is 410 g/mol. The van der Waals surface area contributed by atoms with Gasteiger partial charge in [-0.3, -0.25) is 14.4 Å². The van der Waals surface area contributed by atoms with Gasteiger partial charge in [0.15, 0.2) is 6.61 Å². The van der Waals surface area contributed by atoms with E-state index < -0.39 is 23.5 Å². The molecular formula is C21H22F2N4O4. The third kappa shape index (κ3) is 6.21. The first-order valence-electron chi connectivity index (χ1n) is 9.76. The number of esters is 1. The SMILES string of the molecule is O=C(CCNC(=O)c1ccc(F)cc1F)OCC(=O)N1CCN(c2ccccn2)CC1. The van der Waals surface area contributed by atoms with Gasteiger partial charge in [-0.2, -0.15) is 0 Å². The molecule has 0 atom stereocenters. The second-order valence-corrected chi connectivity index (χ2v) is 6.85. The summed E-state index contributed by atoms with van der Waals surface area (Å²) in [6.45, 7) is 1.75. The maximum Gasteiger partial charge on any atom is 0.308 e. The van der Waals surface area contributed by atoms with Crippen molar-refractivity contribution in [1.29, 1.82) is 0 Å². The summed E-state index contributed by atoms with van der Waals surface area (Å²) >= 11 is 0. The molecule has 1 aliphatic rings. The molecule has 8 nitrogen and oxygen atoms in total. The van der Waals surface area contributed by atoms with Crippen LogP contribution in [-0.2, 0) is 14.3 Å². The molecule has 3 rings (SSSR count). The predicted octanol–water partition coefficient (Wildman–Crippen LogP) is 1.37. The first kappa shape index (κ1) is 22.1. The van der Waals surface area contributed by atoms with Crippen molar-refractivity contribution < 1.29 is 27.9 Å². The molecule has 1 aromatic heterocycles. The van der Waals surface area contributed by atoms with E-state index in [0.717, 1.165) is 18.0 Å². The highest BCUT2D eigenvalue weighted by Crippen LogP contribution is 2.13. The minimum absolute atomic E-state index is 0.106. The van der Waals surface area contributed by atoms with E-state index in [0.29, 0.717) is 32.2 Å². The molecule has 1 saturated heterocycles. The largest absolute Gasteiger partial charge is 0.456 e. The molecule has 0 saturated carbocycles. The monoisotopic (exact) mass is 432 g/mol. The summed E-state index contributed by atoms with van der Waals surface area (Å²) in [5.74, 6) is -2.67. The summed E-state index contributed by atoms with van der Waals surface area (Å²) in [4.78, 5) is 43.9. The number of ether oxygens (including phenoxy) is 1. The molecule has 1 fully saturated rings. The molecule has 10 heteroatoms. The zero-order valence-electron chi connectivity index (χ0n) is 16.7. The van der Waals surface area contributed by atoms with Gasteiger partial charge >= 0.3 is 5.97 Å². The Kier molecular flexibility index (Phi) is 7.47. The lowest BCUT2D eigenvalue weighted by molar-refractivity contribution is -0.152. The summed E-state index contributed by atoms with van der Waals surface area (Å²) in [5, 5.41) is 2.35. The molecule has 31 heavy (non-hydrogen) atoms. The number of anilines is 1. The first-order chi connectivity index (χ1) is 14.9. The lowest BCUT2D eigenvalue weighted by atomic mass is 10.2. The van der Waals surface area contributed by atoms with E-state index in [1.54, 1.807) is 11.1 Å². The summed E-state index contributed by atoms with van der Waals surface area (Å²) in [6.07, 6.45) is 1.53. The van der Waals surface area contributed by atoms with Crippen LogP contribution in [0.25, 0.3) is 0 Å². The van der Waals surface area contributed by atoms with Crippen LogP contribution in [0.2, 0.25) is 0 Å². The number of hydrogen-bond acceptors (Lipinski definition) is 6. The van der Waals surface area contributed by atoms with E-state index in [1.165, 1.54) is 0 Å². The Morgan fingerprint density at radius 1 is 1.06 bits per heavy atom. The molecule has 2 aromatic rings. The van der Waals surface area contributed by atoms with Gasteiger partial charge in [-0.1, -0.05) is 6.07 Å². The van der Waals surface area contributed by atoms with Gasteiger partial charge in [0.05, 0.1) is 12.0 Å². The molecule has 1 aromatic carbocycles. The molecule has 1 aliphatic heterocycles. The summed E-state index contributed by atoms with van der Waals surface area (Å²) in [5.41, 5.74) is -0.324. The Bertz CT molecular complexity index is 934. The summed E-state index contributed by atoms with van der Waals surface area (Å²) < 4.78 is 31.4. The van der Waals surface area contributed by atoms with Gasteiger partial charge in [0.2, 0.25) is 0 Å². The van der Waals surface area contributed by atoms with Crippen molar-refractivity contribution in [1.82, 2.24) is 15.2 Å². The van der Waals surface area contributed by atoms with Crippen molar-refractivity contribution in [2.75, 3.05) is 44.2 Å². The van der Waals surface area contributed by atoms with Crippen LogP contribution in [0.4, 0.5) is 14.6 Å². The number of amides is 2. The van der Waals surface area contributed by atoms with Crippen molar-refractivity contribution in [3.8, 4) is 0 Å². The number of nitrogens with zero attached hydrogens (tertiary/aromatic N) is 3. The van der Waals surface area contributed by atoms with Crippen LogP contribution in [0.5, 0.6) is 0 Å². The van der Waals surface area contributed by atoms with Crippen LogP contribution in [0.15, 0.2) is 42.6 Å². The standard InChI is InChI=1S/C21H22F2N4O4/c22-15-4-5-16(17(23)13-15)21(30)25-8-6-20(29)31-14-19(28)27-11-9-26(10-12-27)18-3-1-2-7-24-18/h1-5,7,13H,6,8-12,14H2,(H,25,30). The number of halogens is 2. The predicted molar refractivity (Wildman–Crippen MR) is 107 cm³/mol. The van der Waals surface area contributed by atoms with Crippen molar-refractivity contribution in [2.45, 2.75) is 6.42 Å². The number of benzene rings is 1. The molecule has 1 N–H and O–H groups in total. The molecule has 0 aliphatic carbocycles. The minimum atomic E-state index is -0.992.